The summed E-state index contributed by atoms with van der Waals surface area (Å²) >= 11 is 0. The van der Waals surface area contributed by atoms with Crippen LogP contribution in [0.1, 0.15) is 68.8 Å². The standard InChI is InChI=1S/C22H32N2O4/c1-21(2,3)28-20(26)23-14-16-7-9-17(10-8-16)19(25)24-13-12-22(27)11-5-4-6-18(22)15-24/h7-10,18,27H,4-6,11-15H2,1-3H3,(H,23,26). The van der Waals surface area contributed by atoms with Gasteiger partial charge in [-0.05, 0) is 57.7 Å². The van der Waals surface area contributed by atoms with E-state index in [1.807, 2.05) is 37.8 Å². The molecule has 2 unspecified atom stereocenters. The van der Waals surface area contributed by atoms with Crippen molar-refractivity contribution in [3.05, 3.63) is 35.4 Å². The molecule has 2 aliphatic rings. The lowest BCUT2D eigenvalue weighted by atomic mass is 9.71. The monoisotopic (exact) mass is 388 g/mol. The van der Waals surface area contributed by atoms with Gasteiger partial charge >= 0.3 is 6.09 Å². The van der Waals surface area contributed by atoms with E-state index in [0.717, 1.165) is 31.2 Å². The molecule has 3 rings (SSSR count). The van der Waals surface area contributed by atoms with Gasteiger partial charge in [0.1, 0.15) is 5.60 Å². The molecule has 0 spiro atoms. The molecular weight excluding hydrogens is 356 g/mol. The number of piperidine rings is 1. The van der Waals surface area contributed by atoms with Crippen LogP contribution in [-0.2, 0) is 11.3 Å². The van der Waals surface area contributed by atoms with Crippen molar-refractivity contribution in [1.82, 2.24) is 10.2 Å². The number of benzene rings is 1. The molecule has 1 aliphatic heterocycles. The highest BCUT2D eigenvalue weighted by Crippen LogP contribution is 2.40. The molecule has 2 amide bonds. The molecule has 1 saturated carbocycles. The molecule has 2 atom stereocenters. The van der Waals surface area contributed by atoms with Gasteiger partial charge in [0.2, 0.25) is 0 Å². The van der Waals surface area contributed by atoms with Gasteiger partial charge in [-0.2, -0.15) is 0 Å². The Bertz CT molecular complexity index is 710. The topological polar surface area (TPSA) is 78.9 Å². The number of ether oxygens (including phenoxy) is 1. The summed E-state index contributed by atoms with van der Waals surface area (Å²) in [5.41, 5.74) is 0.441. The van der Waals surface area contributed by atoms with Crippen LogP contribution in [0.5, 0.6) is 0 Å². The molecule has 0 bridgehead atoms. The van der Waals surface area contributed by atoms with Crippen LogP contribution < -0.4 is 5.32 Å². The molecule has 28 heavy (non-hydrogen) atoms. The maximum Gasteiger partial charge on any atom is 0.407 e. The Morgan fingerprint density at radius 2 is 1.93 bits per heavy atom. The molecule has 154 valence electrons. The highest BCUT2D eigenvalue weighted by atomic mass is 16.6. The SMILES string of the molecule is CC(C)(C)OC(=O)NCc1ccc(C(=O)N2CCC3(O)CCCCC3C2)cc1. The third-order valence-corrected chi connectivity index (χ3v) is 5.75. The van der Waals surface area contributed by atoms with Crippen molar-refractivity contribution in [2.45, 2.75) is 70.6 Å². The van der Waals surface area contributed by atoms with Crippen LogP contribution in [0.3, 0.4) is 0 Å². The molecule has 6 heteroatoms. The molecule has 2 fully saturated rings. The second-order valence-corrected chi connectivity index (χ2v) is 9.10. The van der Waals surface area contributed by atoms with Gasteiger partial charge in [0, 0.05) is 31.1 Å². The second kappa shape index (κ2) is 8.11. The molecule has 1 aromatic rings. The molecule has 0 aromatic heterocycles. The fraction of sp³-hybridized carbons (Fsp3) is 0.636. The minimum absolute atomic E-state index is 0.0132. The van der Waals surface area contributed by atoms with Crippen LogP contribution in [0.25, 0.3) is 0 Å². The second-order valence-electron chi connectivity index (χ2n) is 9.10. The van der Waals surface area contributed by atoms with Gasteiger partial charge in [-0.25, -0.2) is 4.79 Å². The number of likely N-dealkylation sites (tertiary alicyclic amines) is 1. The predicted molar refractivity (Wildman–Crippen MR) is 107 cm³/mol. The van der Waals surface area contributed by atoms with Crippen molar-refractivity contribution >= 4 is 12.0 Å². The zero-order valence-electron chi connectivity index (χ0n) is 17.2. The normalized spacial score (nSPS) is 25.0. The van der Waals surface area contributed by atoms with Crippen LogP contribution in [0.4, 0.5) is 4.79 Å². The average molecular weight is 389 g/mol. The number of nitrogens with zero attached hydrogens (tertiary/aromatic N) is 1. The zero-order chi connectivity index (χ0) is 20.4. The first-order valence-corrected chi connectivity index (χ1v) is 10.2. The van der Waals surface area contributed by atoms with E-state index in [0.29, 0.717) is 31.6 Å². The zero-order valence-corrected chi connectivity index (χ0v) is 17.2. The van der Waals surface area contributed by atoms with E-state index in [9.17, 15) is 14.7 Å². The quantitative estimate of drug-likeness (QED) is 0.831. The first-order chi connectivity index (χ1) is 13.2. The Balaban J connectivity index is 1.54. The van der Waals surface area contributed by atoms with Gasteiger partial charge < -0.3 is 20.1 Å². The summed E-state index contributed by atoms with van der Waals surface area (Å²) in [4.78, 5) is 26.5. The first kappa shape index (κ1) is 20.6. The van der Waals surface area contributed by atoms with Crippen molar-refractivity contribution in [2.24, 2.45) is 5.92 Å². The molecule has 6 nitrogen and oxygen atoms in total. The van der Waals surface area contributed by atoms with E-state index >= 15 is 0 Å². The molecule has 2 N–H and O–H groups in total. The van der Waals surface area contributed by atoms with Crippen LogP contribution >= 0.6 is 0 Å². The van der Waals surface area contributed by atoms with Crippen LogP contribution in [0, 0.1) is 5.92 Å². The van der Waals surface area contributed by atoms with Gasteiger partial charge in [-0.1, -0.05) is 25.0 Å². The third kappa shape index (κ3) is 5.04. The summed E-state index contributed by atoms with van der Waals surface area (Å²) in [6.07, 6.45) is 4.28. The average Bonchev–Trinajstić information content (AvgIpc) is 2.64. The Morgan fingerprint density at radius 3 is 2.61 bits per heavy atom. The predicted octanol–water partition coefficient (Wildman–Crippen LogP) is 3.48. The number of carbonyl (C=O) groups is 2. The number of hydrogen-bond acceptors (Lipinski definition) is 4. The molecule has 1 aromatic carbocycles. The van der Waals surface area contributed by atoms with E-state index in [2.05, 4.69) is 5.32 Å². The van der Waals surface area contributed by atoms with Crippen LogP contribution in [0.15, 0.2) is 24.3 Å². The Labute approximate surface area is 167 Å². The smallest absolute Gasteiger partial charge is 0.407 e. The van der Waals surface area contributed by atoms with Crippen molar-refractivity contribution in [3.8, 4) is 0 Å². The van der Waals surface area contributed by atoms with E-state index in [1.165, 1.54) is 0 Å². The summed E-state index contributed by atoms with van der Waals surface area (Å²) in [6, 6.07) is 7.31. The van der Waals surface area contributed by atoms with E-state index in [4.69, 9.17) is 4.74 Å². The summed E-state index contributed by atoms with van der Waals surface area (Å²) in [7, 11) is 0. The van der Waals surface area contributed by atoms with Gasteiger partial charge in [0.25, 0.3) is 5.91 Å². The third-order valence-electron chi connectivity index (χ3n) is 5.75. The summed E-state index contributed by atoms with van der Waals surface area (Å²) in [5.74, 6) is 0.204. The number of amides is 2. The van der Waals surface area contributed by atoms with E-state index in [1.54, 1.807) is 12.1 Å². The minimum atomic E-state index is -0.577. The summed E-state index contributed by atoms with van der Waals surface area (Å²) < 4.78 is 5.22. The molecule has 0 radical (unpaired) electrons. The van der Waals surface area contributed by atoms with Crippen molar-refractivity contribution in [3.63, 3.8) is 0 Å². The maximum atomic E-state index is 12.9. The Kier molecular flexibility index (Phi) is 5.98. The number of alkyl carbamates (subject to hydrolysis) is 1. The lowest BCUT2D eigenvalue weighted by molar-refractivity contribution is -0.0886. The largest absolute Gasteiger partial charge is 0.444 e. The van der Waals surface area contributed by atoms with Gasteiger partial charge in [-0.15, -0.1) is 0 Å². The van der Waals surface area contributed by atoms with Gasteiger partial charge in [-0.3, -0.25) is 4.79 Å². The Morgan fingerprint density at radius 1 is 1.21 bits per heavy atom. The van der Waals surface area contributed by atoms with Crippen LogP contribution in [0.2, 0.25) is 0 Å². The summed E-state index contributed by atoms with van der Waals surface area (Å²) in [5, 5.41) is 13.5. The van der Waals surface area contributed by atoms with Crippen LogP contribution in [-0.4, -0.2) is 46.3 Å². The minimum Gasteiger partial charge on any atom is -0.444 e. The fourth-order valence-electron chi connectivity index (χ4n) is 4.19. The lowest BCUT2D eigenvalue weighted by Gasteiger charge is -2.47. The number of aliphatic hydroxyl groups is 1. The first-order valence-electron chi connectivity index (χ1n) is 10.2. The fourth-order valence-corrected chi connectivity index (χ4v) is 4.19. The lowest BCUT2D eigenvalue weighted by Crippen LogP contribution is -2.54. The highest BCUT2D eigenvalue weighted by molar-refractivity contribution is 5.94. The number of hydrogen-bond donors (Lipinski definition) is 2. The molecule has 1 heterocycles. The van der Waals surface area contributed by atoms with Gasteiger partial charge in [0.15, 0.2) is 0 Å². The van der Waals surface area contributed by atoms with Gasteiger partial charge in [0.05, 0.1) is 5.60 Å². The van der Waals surface area contributed by atoms with Crippen molar-refractivity contribution < 1.29 is 19.4 Å². The molecular formula is C22H32N2O4. The van der Waals surface area contributed by atoms with E-state index < -0.39 is 17.3 Å². The highest BCUT2D eigenvalue weighted by Gasteiger charge is 2.43. The Hall–Kier alpha value is -2.08. The summed E-state index contributed by atoms with van der Waals surface area (Å²) in [6.45, 7) is 7.05. The number of carbonyl (C=O) groups excluding carboxylic acids is 2. The number of fused-ring (bicyclic) bond motifs is 1. The van der Waals surface area contributed by atoms with Crippen molar-refractivity contribution in [1.29, 1.82) is 0 Å². The number of rotatable bonds is 3. The van der Waals surface area contributed by atoms with Crippen molar-refractivity contribution in [2.75, 3.05) is 13.1 Å². The molecule has 1 aliphatic carbocycles. The maximum absolute atomic E-state index is 12.9. The molecule has 1 saturated heterocycles. The number of nitrogens with one attached hydrogen (secondary N) is 1. The van der Waals surface area contributed by atoms with E-state index in [-0.39, 0.29) is 11.8 Å².